The first-order chi connectivity index (χ1) is 18.9. The van der Waals surface area contributed by atoms with Crippen LogP contribution in [-0.2, 0) is 4.79 Å². The van der Waals surface area contributed by atoms with E-state index in [1.165, 1.54) is 0 Å². The molecular formula is C30H34N6O3. The van der Waals surface area contributed by atoms with E-state index in [0.717, 1.165) is 49.2 Å². The number of amides is 2. The predicted molar refractivity (Wildman–Crippen MR) is 157 cm³/mol. The highest BCUT2D eigenvalue weighted by Crippen LogP contribution is 2.23. The normalized spacial score (nSPS) is 14.2. The van der Waals surface area contributed by atoms with E-state index in [1.807, 2.05) is 60.7 Å². The van der Waals surface area contributed by atoms with Crippen molar-refractivity contribution in [2.75, 3.05) is 41.0 Å². The number of anilines is 5. The van der Waals surface area contributed by atoms with Gasteiger partial charge in [0.15, 0.2) is 0 Å². The van der Waals surface area contributed by atoms with E-state index in [1.54, 1.807) is 26.1 Å². The number of allylic oxidation sites excluding steroid dienone is 1. The second kappa shape index (κ2) is 12.7. The molecule has 1 fully saturated rings. The molecule has 9 heteroatoms. The average molecular weight is 527 g/mol. The zero-order valence-corrected chi connectivity index (χ0v) is 22.1. The number of rotatable bonds is 9. The number of aliphatic hydroxyl groups is 1. The molecule has 0 saturated carbocycles. The fourth-order valence-electron chi connectivity index (χ4n) is 4.27. The number of piperidine rings is 1. The fraction of sp³-hybridized carbons (Fsp3) is 0.233. The summed E-state index contributed by atoms with van der Waals surface area (Å²) in [6.45, 7) is 3.37. The number of aliphatic hydroxyl groups excluding tert-OH is 1. The third-order valence-electron chi connectivity index (χ3n) is 6.70. The standard InChI is InChI=1S/C30H34N6O3/c1-20(32-2)28(19-31)30(39)35-25-11-7-23(8-12-25)33-22-5-9-24(10-6-22)34-29(38)21-3-13-26(14-4-21)36-17-15-27(37)16-18-36/h3-14,19,27,31-33,37H,15-18H2,1-2H3,(H,34,38)(H,35,39)/b28-20+,31-19?. The van der Waals surface area contributed by atoms with Gasteiger partial charge in [-0.3, -0.25) is 9.59 Å². The van der Waals surface area contributed by atoms with Crippen molar-refractivity contribution >= 4 is 46.5 Å². The van der Waals surface area contributed by atoms with Gasteiger partial charge < -0.3 is 36.7 Å². The zero-order chi connectivity index (χ0) is 27.8. The van der Waals surface area contributed by atoms with Crippen LogP contribution in [0.3, 0.4) is 0 Å². The lowest BCUT2D eigenvalue weighted by molar-refractivity contribution is -0.112. The van der Waals surface area contributed by atoms with Gasteiger partial charge in [-0.05, 0) is 92.6 Å². The Morgan fingerprint density at radius 1 is 0.846 bits per heavy atom. The summed E-state index contributed by atoms with van der Waals surface area (Å²) in [4.78, 5) is 27.3. The zero-order valence-electron chi connectivity index (χ0n) is 22.1. The summed E-state index contributed by atoms with van der Waals surface area (Å²) in [6, 6.07) is 22.2. The molecule has 39 heavy (non-hydrogen) atoms. The van der Waals surface area contributed by atoms with Crippen molar-refractivity contribution < 1.29 is 14.7 Å². The molecule has 0 atom stereocenters. The van der Waals surface area contributed by atoms with Crippen molar-refractivity contribution in [3.8, 4) is 0 Å². The summed E-state index contributed by atoms with van der Waals surface area (Å²) in [5.41, 5.74) is 5.51. The number of carbonyl (C=O) groups excluding carboxylic acids is 2. The van der Waals surface area contributed by atoms with Gasteiger partial charge in [-0.1, -0.05) is 0 Å². The number of nitrogens with zero attached hydrogens (tertiary/aromatic N) is 1. The molecular weight excluding hydrogens is 492 g/mol. The maximum absolute atomic E-state index is 12.7. The van der Waals surface area contributed by atoms with E-state index in [-0.39, 0.29) is 23.5 Å². The Morgan fingerprint density at radius 3 is 1.87 bits per heavy atom. The summed E-state index contributed by atoms with van der Waals surface area (Å²) in [5, 5.41) is 29.1. The molecule has 2 amide bonds. The van der Waals surface area contributed by atoms with Crippen LogP contribution in [0.15, 0.2) is 84.1 Å². The van der Waals surface area contributed by atoms with Gasteiger partial charge in [-0.15, -0.1) is 0 Å². The molecule has 202 valence electrons. The SMILES string of the molecule is CN/C(C)=C(\C=N)C(=O)Nc1ccc(Nc2ccc(NC(=O)c3ccc(N4CCC(O)CC4)cc3)cc2)cc1. The molecule has 0 spiro atoms. The summed E-state index contributed by atoms with van der Waals surface area (Å²) in [7, 11) is 1.70. The molecule has 0 aromatic heterocycles. The Hall–Kier alpha value is -4.63. The molecule has 0 radical (unpaired) electrons. The molecule has 3 aromatic carbocycles. The average Bonchev–Trinajstić information content (AvgIpc) is 2.96. The number of benzene rings is 3. The van der Waals surface area contributed by atoms with E-state index >= 15 is 0 Å². The van der Waals surface area contributed by atoms with Gasteiger partial charge in [0.05, 0.1) is 11.7 Å². The maximum Gasteiger partial charge on any atom is 0.258 e. The number of hydrogen-bond acceptors (Lipinski definition) is 7. The summed E-state index contributed by atoms with van der Waals surface area (Å²) in [6.07, 6.45) is 2.34. The molecule has 3 aromatic rings. The number of hydrogen-bond donors (Lipinski definition) is 6. The summed E-state index contributed by atoms with van der Waals surface area (Å²) < 4.78 is 0. The van der Waals surface area contributed by atoms with Crippen molar-refractivity contribution in [1.29, 1.82) is 5.41 Å². The second-order valence-corrected chi connectivity index (χ2v) is 9.39. The summed E-state index contributed by atoms with van der Waals surface area (Å²) >= 11 is 0. The van der Waals surface area contributed by atoms with Gasteiger partial charge in [0, 0.05) is 66.0 Å². The third kappa shape index (κ3) is 7.24. The molecule has 1 aliphatic rings. The van der Waals surface area contributed by atoms with E-state index in [0.29, 0.717) is 22.6 Å². The minimum Gasteiger partial charge on any atom is -0.393 e. The number of nitrogens with one attached hydrogen (secondary N) is 5. The molecule has 1 saturated heterocycles. The Balaban J connectivity index is 1.30. The van der Waals surface area contributed by atoms with Gasteiger partial charge >= 0.3 is 0 Å². The van der Waals surface area contributed by atoms with E-state index < -0.39 is 0 Å². The fourth-order valence-corrected chi connectivity index (χ4v) is 4.27. The van der Waals surface area contributed by atoms with Crippen LogP contribution in [0.1, 0.15) is 30.1 Å². The Bertz CT molecular complexity index is 1330. The number of carbonyl (C=O) groups is 2. The molecule has 1 heterocycles. The van der Waals surface area contributed by atoms with Crippen LogP contribution in [-0.4, -0.2) is 49.4 Å². The minimum absolute atomic E-state index is 0.181. The van der Waals surface area contributed by atoms with Crippen LogP contribution in [0, 0.1) is 5.41 Å². The molecule has 0 aliphatic carbocycles. The minimum atomic E-state index is -0.353. The second-order valence-electron chi connectivity index (χ2n) is 9.39. The lowest BCUT2D eigenvalue weighted by atomic mass is 10.1. The lowest BCUT2D eigenvalue weighted by Gasteiger charge is -2.31. The molecule has 9 nitrogen and oxygen atoms in total. The largest absolute Gasteiger partial charge is 0.393 e. The first-order valence-electron chi connectivity index (χ1n) is 12.9. The maximum atomic E-state index is 12.7. The summed E-state index contributed by atoms with van der Waals surface area (Å²) in [5.74, 6) is -0.534. The highest BCUT2D eigenvalue weighted by molar-refractivity contribution is 6.17. The highest BCUT2D eigenvalue weighted by atomic mass is 16.3. The van der Waals surface area contributed by atoms with Crippen LogP contribution >= 0.6 is 0 Å². The molecule has 0 unspecified atom stereocenters. The van der Waals surface area contributed by atoms with Gasteiger partial charge in [0.1, 0.15) is 0 Å². The Kier molecular flexibility index (Phi) is 8.96. The molecule has 4 rings (SSSR count). The van der Waals surface area contributed by atoms with Crippen LogP contribution in [0.5, 0.6) is 0 Å². The predicted octanol–water partition coefficient (Wildman–Crippen LogP) is 4.73. The van der Waals surface area contributed by atoms with Gasteiger partial charge in [-0.25, -0.2) is 0 Å². The van der Waals surface area contributed by atoms with Crippen molar-refractivity contribution in [3.63, 3.8) is 0 Å². The van der Waals surface area contributed by atoms with Crippen LogP contribution < -0.4 is 26.2 Å². The first kappa shape index (κ1) is 27.4. The Labute approximate surface area is 228 Å². The van der Waals surface area contributed by atoms with Crippen LogP contribution in [0.4, 0.5) is 28.4 Å². The topological polar surface area (TPSA) is 130 Å². The van der Waals surface area contributed by atoms with E-state index in [2.05, 4.69) is 26.2 Å². The van der Waals surface area contributed by atoms with Crippen molar-refractivity contribution in [2.24, 2.45) is 0 Å². The molecule has 1 aliphatic heterocycles. The Morgan fingerprint density at radius 2 is 1.36 bits per heavy atom. The highest BCUT2D eigenvalue weighted by Gasteiger charge is 2.17. The monoisotopic (exact) mass is 526 g/mol. The quantitative estimate of drug-likeness (QED) is 0.177. The van der Waals surface area contributed by atoms with Gasteiger partial charge in [0.2, 0.25) is 0 Å². The van der Waals surface area contributed by atoms with Crippen molar-refractivity contribution in [3.05, 3.63) is 89.6 Å². The van der Waals surface area contributed by atoms with E-state index in [9.17, 15) is 14.7 Å². The molecule has 6 N–H and O–H groups in total. The van der Waals surface area contributed by atoms with Gasteiger partial charge in [-0.2, -0.15) is 0 Å². The van der Waals surface area contributed by atoms with Crippen molar-refractivity contribution in [1.82, 2.24) is 5.32 Å². The van der Waals surface area contributed by atoms with Gasteiger partial charge in [0.25, 0.3) is 11.8 Å². The van der Waals surface area contributed by atoms with Crippen molar-refractivity contribution in [2.45, 2.75) is 25.9 Å². The first-order valence-corrected chi connectivity index (χ1v) is 12.9. The van der Waals surface area contributed by atoms with Crippen LogP contribution in [0.25, 0.3) is 0 Å². The van der Waals surface area contributed by atoms with E-state index in [4.69, 9.17) is 5.41 Å². The smallest absolute Gasteiger partial charge is 0.258 e. The third-order valence-corrected chi connectivity index (χ3v) is 6.70. The van der Waals surface area contributed by atoms with Crippen LogP contribution in [0.2, 0.25) is 0 Å². The molecule has 0 bridgehead atoms. The lowest BCUT2D eigenvalue weighted by Crippen LogP contribution is -2.35.